The van der Waals surface area contributed by atoms with Crippen molar-refractivity contribution in [1.29, 1.82) is 0 Å². The molecule has 0 bridgehead atoms. The maximum atomic E-state index is 6.19. The molecule has 2 aromatic rings. The highest BCUT2D eigenvalue weighted by Crippen LogP contribution is 2.41. The predicted octanol–water partition coefficient (Wildman–Crippen LogP) is 2.61. The highest BCUT2D eigenvalue weighted by Gasteiger charge is 2.29. The van der Waals surface area contributed by atoms with Crippen LogP contribution in [0.3, 0.4) is 0 Å². The topological polar surface area (TPSA) is 47.1 Å². The molecule has 0 saturated heterocycles. The number of imidazole rings is 1. The average Bonchev–Trinajstić information content (AvgIpc) is 3.19. The van der Waals surface area contributed by atoms with Crippen LogP contribution in [0.2, 0.25) is 0 Å². The molecular weight excluding hydrogens is 236 g/mol. The molecule has 4 heteroatoms. The zero-order chi connectivity index (χ0) is 13.6. The highest BCUT2D eigenvalue weighted by molar-refractivity contribution is 5.72. The Morgan fingerprint density at radius 2 is 1.84 bits per heavy atom. The molecule has 1 fully saturated rings. The highest BCUT2D eigenvalue weighted by atomic mass is 15.1. The van der Waals surface area contributed by atoms with Crippen LogP contribution in [0.15, 0.2) is 24.3 Å². The van der Waals surface area contributed by atoms with E-state index < -0.39 is 0 Å². The molecule has 0 aliphatic heterocycles. The molecule has 0 radical (unpaired) electrons. The molecule has 1 heterocycles. The summed E-state index contributed by atoms with van der Waals surface area (Å²) in [4.78, 5) is 6.82. The monoisotopic (exact) mass is 256 g/mol. The van der Waals surface area contributed by atoms with Gasteiger partial charge in [-0.1, -0.05) is 12.1 Å². The lowest BCUT2D eigenvalue weighted by Crippen LogP contribution is -2.07. The van der Waals surface area contributed by atoms with Crippen LogP contribution in [0.1, 0.15) is 24.6 Å². The molecular formula is C15H20N4. The van der Waals surface area contributed by atoms with E-state index in [4.69, 9.17) is 10.7 Å². The summed E-state index contributed by atoms with van der Waals surface area (Å²) in [5, 5.41) is 0. The number of rotatable bonds is 3. The Balaban J connectivity index is 1.99. The minimum Gasteiger partial charge on any atom is -0.383 e. The van der Waals surface area contributed by atoms with E-state index in [0.717, 1.165) is 22.9 Å². The Kier molecular flexibility index (Phi) is 2.73. The van der Waals surface area contributed by atoms with Gasteiger partial charge in [0.05, 0.1) is 0 Å². The second-order valence-corrected chi connectivity index (χ2v) is 5.48. The summed E-state index contributed by atoms with van der Waals surface area (Å²) in [7, 11) is 6.08. The Labute approximate surface area is 113 Å². The van der Waals surface area contributed by atoms with Gasteiger partial charge in [-0.2, -0.15) is 0 Å². The van der Waals surface area contributed by atoms with Crippen LogP contribution < -0.4 is 10.6 Å². The SMILES string of the molecule is CN(C)c1ccc(-c2nc(C3CC3)n(C)c2N)cc1. The summed E-state index contributed by atoms with van der Waals surface area (Å²) in [6.45, 7) is 0. The van der Waals surface area contributed by atoms with E-state index in [-0.39, 0.29) is 0 Å². The molecule has 19 heavy (non-hydrogen) atoms. The molecule has 3 rings (SSSR count). The largest absolute Gasteiger partial charge is 0.383 e. The summed E-state index contributed by atoms with van der Waals surface area (Å²) < 4.78 is 2.03. The summed E-state index contributed by atoms with van der Waals surface area (Å²) in [5.74, 6) is 2.51. The van der Waals surface area contributed by atoms with Crippen LogP contribution >= 0.6 is 0 Å². The first-order valence-electron chi connectivity index (χ1n) is 6.67. The van der Waals surface area contributed by atoms with Crippen LogP contribution in [-0.2, 0) is 7.05 Å². The number of nitrogens with zero attached hydrogens (tertiary/aromatic N) is 3. The smallest absolute Gasteiger partial charge is 0.131 e. The van der Waals surface area contributed by atoms with Crippen molar-refractivity contribution in [3.8, 4) is 11.3 Å². The molecule has 0 spiro atoms. The molecule has 0 amide bonds. The van der Waals surface area contributed by atoms with Gasteiger partial charge in [-0.3, -0.25) is 0 Å². The van der Waals surface area contributed by atoms with Gasteiger partial charge in [0.25, 0.3) is 0 Å². The fourth-order valence-corrected chi connectivity index (χ4v) is 2.37. The Bertz CT molecular complexity index is 591. The standard InChI is InChI=1S/C15H20N4/c1-18(2)12-8-6-10(7-9-12)13-14(16)19(3)15(17-13)11-4-5-11/h6-9,11H,4-5,16H2,1-3H3. The number of anilines is 2. The quantitative estimate of drug-likeness (QED) is 0.918. The van der Waals surface area contributed by atoms with Crippen molar-refractivity contribution in [2.45, 2.75) is 18.8 Å². The third kappa shape index (κ3) is 2.07. The van der Waals surface area contributed by atoms with Crippen LogP contribution in [0, 0.1) is 0 Å². The first kappa shape index (κ1) is 12.1. The second-order valence-electron chi connectivity index (χ2n) is 5.48. The van der Waals surface area contributed by atoms with Gasteiger partial charge in [0.2, 0.25) is 0 Å². The van der Waals surface area contributed by atoms with Gasteiger partial charge in [-0.25, -0.2) is 4.98 Å². The van der Waals surface area contributed by atoms with Crippen LogP contribution in [-0.4, -0.2) is 23.6 Å². The second kappa shape index (κ2) is 4.30. The van der Waals surface area contributed by atoms with E-state index in [1.165, 1.54) is 18.5 Å². The maximum Gasteiger partial charge on any atom is 0.131 e. The molecule has 4 nitrogen and oxygen atoms in total. The summed E-state index contributed by atoms with van der Waals surface area (Å²) in [6, 6.07) is 8.37. The minimum absolute atomic E-state index is 0.613. The lowest BCUT2D eigenvalue weighted by molar-refractivity contribution is 0.807. The molecule has 1 saturated carbocycles. The van der Waals surface area contributed by atoms with E-state index in [0.29, 0.717) is 5.92 Å². The summed E-state index contributed by atoms with van der Waals surface area (Å²) in [5.41, 5.74) is 9.37. The molecule has 1 aromatic carbocycles. The van der Waals surface area contributed by atoms with Gasteiger partial charge in [-0.15, -0.1) is 0 Å². The Hall–Kier alpha value is -1.97. The third-order valence-corrected chi connectivity index (χ3v) is 3.77. The van der Waals surface area contributed by atoms with Gasteiger partial charge >= 0.3 is 0 Å². The van der Waals surface area contributed by atoms with E-state index in [9.17, 15) is 0 Å². The lowest BCUT2D eigenvalue weighted by atomic mass is 10.1. The van der Waals surface area contributed by atoms with Crippen molar-refractivity contribution >= 4 is 11.5 Å². The first-order valence-corrected chi connectivity index (χ1v) is 6.67. The predicted molar refractivity (Wildman–Crippen MR) is 79.4 cm³/mol. The normalized spacial score (nSPS) is 14.7. The Morgan fingerprint density at radius 3 is 2.37 bits per heavy atom. The molecule has 0 atom stereocenters. The van der Waals surface area contributed by atoms with Gasteiger partial charge < -0.3 is 15.2 Å². The van der Waals surface area contributed by atoms with Crippen LogP contribution in [0.25, 0.3) is 11.3 Å². The van der Waals surface area contributed by atoms with Crippen molar-refractivity contribution in [2.24, 2.45) is 7.05 Å². The van der Waals surface area contributed by atoms with Gasteiger partial charge in [0.15, 0.2) is 0 Å². The van der Waals surface area contributed by atoms with Crippen molar-refractivity contribution in [3.63, 3.8) is 0 Å². The number of aromatic nitrogens is 2. The van der Waals surface area contributed by atoms with Gasteiger partial charge in [-0.05, 0) is 25.0 Å². The minimum atomic E-state index is 0.613. The molecule has 2 N–H and O–H groups in total. The van der Waals surface area contributed by atoms with Crippen LogP contribution in [0.5, 0.6) is 0 Å². The van der Waals surface area contributed by atoms with Crippen molar-refractivity contribution in [2.75, 3.05) is 24.7 Å². The average molecular weight is 256 g/mol. The Morgan fingerprint density at radius 1 is 1.21 bits per heavy atom. The summed E-state index contributed by atoms with van der Waals surface area (Å²) in [6.07, 6.45) is 2.48. The molecule has 1 aliphatic carbocycles. The van der Waals surface area contributed by atoms with Crippen molar-refractivity contribution < 1.29 is 0 Å². The van der Waals surface area contributed by atoms with E-state index >= 15 is 0 Å². The zero-order valence-electron chi connectivity index (χ0n) is 11.7. The molecule has 1 aromatic heterocycles. The molecule has 100 valence electrons. The molecule has 1 aliphatic rings. The van der Waals surface area contributed by atoms with E-state index in [1.54, 1.807) is 0 Å². The lowest BCUT2D eigenvalue weighted by Gasteiger charge is -2.12. The zero-order valence-corrected chi connectivity index (χ0v) is 11.7. The fourth-order valence-electron chi connectivity index (χ4n) is 2.37. The number of hydrogen-bond donors (Lipinski definition) is 1. The van der Waals surface area contributed by atoms with Crippen molar-refractivity contribution in [1.82, 2.24) is 9.55 Å². The third-order valence-electron chi connectivity index (χ3n) is 3.77. The molecule has 0 unspecified atom stereocenters. The van der Waals surface area contributed by atoms with Gasteiger partial charge in [0, 0.05) is 38.3 Å². The van der Waals surface area contributed by atoms with Crippen LogP contribution in [0.4, 0.5) is 11.5 Å². The number of benzene rings is 1. The number of hydrogen-bond acceptors (Lipinski definition) is 3. The number of nitrogens with two attached hydrogens (primary N) is 1. The summed E-state index contributed by atoms with van der Waals surface area (Å²) >= 11 is 0. The van der Waals surface area contributed by atoms with Crippen molar-refractivity contribution in [3.05, 3.63) is 30.1 Å². The fraction of sp³-hybridized carbons (Fsp3) is 0.400. The maximum absolute atomic E-state index is 6.19. The van der Waals surface area contributed by atoms with E-state index in [1.807, 2.05) is 25.7 Å². The van der Waals surface area contributed by atoms with Gasteiger partial charge in [0.1, 0.15) is 17.3 Å². The first-order chi connectivity index (χ1) is 9.08. The number of nitrogen functional groups attached to an aromatic ring is 1. The van der Waals surface area contributed by atoms with E-state index in [2.05, 4.69) is 29.2 Å².